The van der Waals surface area contributed by atoms with Crippen molar-refractivity contribution >= 4 is 22.8 Å². The number of amides is 1. The molecule has 3 aromatic heterocycles. The lowest BCUT2D eigenvalue weighted by Crippen LogP contribution is -2.35. The van der Waals surface area contributed by atoms with Crippen molar-refractivity contribution < 1.29 is 13.0 Å². The van der Waals surface area contributed by atoms with E-state index in [-0.39, 0.29) is 28.1 Å². The molecule has 2 N–H and O–H groups in total. The number of carbonyl (C=O) groups excluding carboxylic acids is 1. The van der Waals surface area contributed by atoms with Crippen LogP contribution >= 0.6 is 0 Å². The Morgan fingerprint density at radius 1 is 1.18 bits per heavy atom. The number of rotatable bonds is 5. The number of fused-ring (bicyclic) bond motifs is 1. The summed E-state index contributed by atoms with van der Waals surface area (Å²) in [6.45, 7) is -0.474. The van der Waals surface area contributed by atoms with Crippen LogP contribution in [0.4, 0.5) is 5.82 Å². The molecule has 0 radical (unpaired) electrons. The number of aromatic nitrogens is 3. The van der Waals surface area contributed by atoms with Crippen LogP contribution in [0.1, 0.15) is 72.8 Å². The van der Waals surface area contributed by atoms with E-state index in [4.69, 9.17) is 14.0 Å². The summed E-state index contributed by atoms with van der Waals surface area (Å²) in [7, 11) is 2.00. The third-order valence-corrected chi connectivity index (χ3v) is 7.94. The van der Waals surface area contributed by atoms with Gasteiger partial charge in [0.05, 0.1) is 0 Å². The zero-order valence-electron chi connectivity index (χ0n) is 28.3. The lowest BCUT2D eigenvalue weighted by atomic mass is 9.85. The van der Waals surface area contributed by atoms with Gasteiger partial charge in [-0.2, -0.15) is 5.26 Å². The first-order valence-corrected chi connectivity index (χ1v) is 12.9. The normalized spacial score (nSPS) is 18.2. The Morgan fingerprint density at radius 2 is 1.95 bits per heavy atom. The van der Waals surface area contributed by atoms with Crippen LogP contribution in [-0.4, -0.2) is 57.3 Å². The molecule has 5 rings (SSSR count). The van der Waals surface area contributed by atoms with Crippen molar-refractivity contribution in [2.45, 2.75) is 38.6 Å². The lowest BCUT2D eigenvalue weighted by Gasteiger charge is -2.37. The summed E-state index contributed by atoms with van der Waals surface area (Å²) in [6.07, 6.45) is 3.50. The van der Waals surface area contributed by atoms with Crippen LogP contribution in [-0.2, 0) is 7.05 Å². The maximum atomic E-state index is 12.9. The summed E-state index contributed by atoms with van der Waals surface area (Å²) in [4.78, 5) is 24.2. The van der Waals surface area contributed by atoms with Crippen LogP contribution in [0.3, 0.4) is 0 Å². The predicted molar refractivity (Wildman–Crippen MR) is 154 cm³/mol. The molecule has 0 spiro atoms. The number of pyridine rings is 2. The van der Waals surface area contributed by atoms with E-state index in [1.165, 1.54) is 6.07 Å². The molecule has 0 unspecified atom stereocenters. The highest BCUT2D eigenvalue weighted by atomic mass is 16.2. The third-order valence-electron chi connectivity index (χ3n) is 7.94. The second-order valence-corrected chi connectivity index (χ2v) is 10.2. The van der Waals surface area contributed by atoms with Crippen LogP contribution in [0, 0.1) is 18.3 Å². The standard InChI is InChI=1S/C31H35N7O/c1-19-16-22(31(39)36(3)4)6-7-23(19)21-11-14-38(15-12-21)20(2)28-17-26-24(10-13-34-30(26)37(28)5)25-8-9-29(33)35-27(25)18-32/h6-10,13,16-17,20-21H,11-12,14-15H2,1-5H3,(H2,33,35)/t20-/m0/s1/i3D3,4D3. The van der Waals surface area contributed by atoms with E-state index in [1.807, 2.05) is 32.2 Å². The third kappa shape index (κ3) is 4.86. The molecular formula is C31H35N7O. The number of carbonyl (C=O) groups is 1. The monoisotopic (exact) mass is 527 g/mol. The fourth-order valence-corrected chi connectivity index (χ4v) is 5.83. The number of hydrogen-bond donors (Lipinski definition) is 1. The highest BCUT2D eigenvalue weighted by Crippen LogP contribution is 2.37. The van der Waals surface area contributed by atoms with Crippen molar-refractivity contribution in [2.24, 2.45) is 7.05 Å². The molecule has 0 bridgehead atoms. The number of hydrogen-bond acceptors (Lipinski definition) is 6. The molecule has 1 aromatic carbocycles. The molecule has 1 fully saturated rings. The number of aryl methyl sites for hydroxylation is 2. The number of nitriles is 1. The first kappa shape index (κ1) is 19.8. The van der Waals surface area contributed by atoms with E-state index in [0.29, 0.717) is 11.4 Å². The van der Waals surface area contributed by atoms with Crippen LogP contribution in [0.2, 0.25) is 0 Å². The van der Waals surface area contributed by atoms with Gasteiger partial charge in [0.2, 0.25) is 0 Å². The summed E-state index contributed by atoms with van der Waals surface area (Å²) in [5, 5.41) is 10.6. The Balaban J connectivity index is 1.34. The number of nitrogens with zero attached hydrogens (tertiary/aromatic N) is 6. The molecule has 0 aliphatic carbocycles. The molecule has 8 heteroatoms. The Hall–Kier alpha value is -4.22. The molecule has 39 heavy (non-hydrogen) atoms. The smallest absolute Gasteiger partial charge is 0.253 e. The number of likely N-dealkylation sites (tertiary alicyclic amines) is 1. The minimum atomic E-state index is -3.09. The highest BCUT2D eigenvalue weighted by Gasteiger charge is 2.28. The van der Waals surface area contributed by atoms with Gasteiger partial charge in [-0.25, -0.2) is 9.97 Å². The average molecular weight is 528 g/mol. The van der Waals surface area contributed by atoms with E-state index in [1.54, 1.807) is 18.3 Å². The van der Waals surface area contributed by atoms with Crippen LogP contribution in [0.5, 0.6) is 0 Å². The largest absolute Gasteiger partial charge is 0.384 e. The Bertz CT molecular complexity index is 1790. The Kier molecular flexibility index (Phi) is 5.33. The van der Waals surface area contributed by atoms with Gasteiger partial charge in [0.25, 0.3) is 5.91 Å². The molecule has 1 amide bonds. The van der Waals surface area contributed by atoms with E-state index in [2.05, 4.69) is 38.5 Å². The molecule has 1 atom stereocenters. The molecular weight excluding hydrogens is 486 g/mol. The number of benzene rings is 1. The molecule has 200 valence electrons. The highest BCUT2D eigenvalue weighted by molar-refractivity contribution is 5.95. The first-order valence-electron chi connectivity index (χ1n) is 15.9. The second-order valence-electron chi connectivity index (χ2n) is 10.2. The summed E-state index contributed by atoms with van der Waals surface area (Å²) >= 11 is 0. The molecule has 1 aliphatic rings. The molecule has 1 saturated heterocycles. The summed E-state index contributed by atoms with van der Waals surface area (Å²) < 4.78 is 47.5. The number of nitrogen functional groups attached to an aromatic ring is 1. The molecule has 4 aromatic rings. The Morgan fingerprint density at radius 3 is 2.64 bits per heavy atom. The molecule has 8 nitrogen and oxygen atoms in total. The van der Waals surface area contributed by atoms with E-state index in [9.17, 15) is 10.1 Å². The molecule has 1 aliphatic heterocycles. The van der Waals surface area contributed by atoms with Gasteiger partial charge in [-0.1, -0.05) is 6.07 Å². The Labute approximate surface area is 238 Å². The zero-order chi connectivity index (χ0) is 32.8. The SMILES string of the molecule is [2H]C([2H])([2H])N(C(=O)c1ccc(C2CCN([C@@H](C)c3cc4c(-c5ccc(N)nc5C#N)ccnc4n3C)CC2)c(C)c1)C([2H])([2H])[2H]. The fourth-order valence-electron chi connectivity index (χ4n) is 5.83. The fraction of sp³-hybridized carbons (Fsp3) is 0.355. The number of nitrogens with two attached hydrogens (primary N) is 1. The lowest BCUT2D eigenvalue weighted by molar-refractivity contribution is 0.0827. The van der Waals surface area contributed by atoms with Crippen LogP contribution < -0.4 is 5.73 Å². The van der Waals surface area contributed by atoms with Crippen molar-refractivity contribution in [3.63, 3.8) is 0 Å². The van der Waals surface area contributed by atoms with Crippen molar-refractivity contribution in [2.75, 3.05) is 32.8 Å². The second kappa shape index (κ2) is 10.5. The summed E-state index contributed by atoms with van der Waals surface area (Å²) in [5.74, 6) is -0.515. The van der Waals surface area contributed by atoms with Gasteiger partial charge >= 0.3 is 0 Å². The van der Waals surface area contributed by atoms with Gasteiger partial charge in [0.15, 0.2) is 5.69 Å². The molecule has 0 saturated carbocycles. The minimum Gasteiger partial charge on any atom is -0.384 e. The van der Waals surface area contributed by atoms with Crippen LogP contribution in [0.15, 0.2) is 48.7 Å². The average Bonchev–Trinajstić information content (AvgIpc) is 3.31. The van der Waals surface area contributed by atoms with Gasteiger partial charge < -0.3 is 15.2 Å². The number of anilines is 1. The van der Waals surface area contributed by atoms with Crippen molar-refractivity contribution in [1.82, 2.24) is 24.3 Å². The quantitative estimate of drug-likeness (QED) is 0.390. The van der Waals surface area contributed by atoms with Crippen molar-refractivity contribution in [1.29, 1.82) is 5.26 Å². The van der Waals surface area contributed by atoms with Gasteiger partial charge in [-0.15, -0.1) is 0 Å². The predicted octanol–water partition coefficient (Wildman–Crippen LogP) is 5.04. The van der Waals surface area contributed by atoms with E-state index < -0.39 is 19.9 Å². The van der Waals surface area contributed by atoms with E-state index in [0.717, 1.165) is 59.3 Å². The summed E-state index contributed by atoms with van der Waals surface area (Å²) in [5.41, 5.74) is 11.5. The molecule has 4 heterocycles. The van der Waals surface area contributed by atoms with Crippen LogP contribution in [0.25, 0.3) is 22.2 Å². The van der Waals surface area contributed by atoms with Crippen molar-refractivity contribution in [3.8, 4) is 17.2 Å². The number of piperidine rings is 1. The van der Waals surface area contributed by atoms with Gasteiger partial charge in [0, 0.05) is 63.7 Å². The van der Waals surface area contributed by atoms with E-state index >= 15 is 0 Å². The van der Waals surface area contributed by atoms with Gasteiger partial charge in [-0.05, 0) is 98.8 Å². The van der Waals surface area contributed by atoms with Gasteiger partial charge in [-0.3, -0.25) is 9.69 Å². The minimum absolute atomic E-state index is 0.00508. The topological polar surface area (TPSA) is 104 Å². The van der Waals surface area contributed by atoms with Gasteiger partial charge in [0.1, 0.15) is 17.5 Å². The first-order chi connectivity index (χ1) is 21.1. The maximum absolute atomic E-state index is 12.9. The maximum Gasteiger partial charge on any atom is 0.253 e. The summed E-state index contributed by atoms with van der Waals surface area (Å²) in [6, 6.07) is 14.7. The zero-order valence-corrected chi connectivity index (χ0v) is 22.3. The van der Waals surface area contributed by atoms with Crippen molar-refractivity contribution in [3.05, 3.63) is 76.7 Å².